The third kappa shape index (κ3) is 5.50. The number of aromatic nitrogens is 3. The third-order valence-corrected chi connectivity index (χ3v) is 10.4. The Morgan fingerprint density at radius 2 is 2.17 bits per heavy atom. The first-order chi connectivity index (χ1) is 16.8. The van der Waals surface area contributed by atoms with Crippen LogP contribution in [0.4, 0.5) is 5.00 Å². The summed E-state index contributed by atoms with van der Waals surface area (Å²) in [4.78, 5) is 15.4. The number of fused-ring (bicyclic) bond motifs is 1. The van der Waals surface area contributed by atoms with E-state index in [-0.39, 0.29) is 17.1 Å². The smallest absolute Gasteiger partial charge is 0.235 e. The molecule has 35 heavy (non-hydrogen) atoms. The second kappa shape index (κ2) is 10.9. The standard InChI is InChI=1S/C26H33N5OS3/c1-6-8-18-11-16(14-33-18)23-29-30-25(31(23)5)34-15-22(32)28-24-20(13-27)19-10-9-17(12-21(19)35-24)26(3,4)7-2/h11,14,17H,6-10,12,15H2,1-5H3,(H,28,32). The zero-order valence-electron chi connectivity index (χ0n) is 21.1. The molecule has 0 saturated heterocycles. The molecule has 4 rings (SSSR count). The van der Waals surface area contributed by atoms with E-state index in [1.807, 2.05) is 11.6 Å². The summed E-state index contributed by atoms with van der Waals surface area (Å²) in [6.45, 7) is 9.10. The van der Waals surface area contributed by atoms with Crippen LogP contribution in [-0.2, 0) is 31.1 Å². The molecule has 1 amide bonds. The van der Waals surface area contributed by atoms with Crippen LogP contribution in [0.25, 0.3) is 11.4 Å². The van der Waals surface area contributed by atoms with E-state index in [9.17, 15) is 10.1 Å². The molecular weight excluding hydrogens is 495 g/mol. The summed E-state index contributed by atoms with van der Waals surface area (Å²) in [6, 6.07) is 4.53. The average molecular weight is 528 g/mol. The third-order valence-electron chi connectivity index (χ3n) is 7.22. The van der Waals surface area contributed by atoms with Crippen LogP contribution in [0.3, 0.4) is 0 Å². The number of carbonyl (C=O) groups excluding carboxylic acids is 1. The first-order valence-corrected chi connectivity index (χ1v) is 14.9. The van der Waals surface area contributed by atoms with Crippen LogP contribution in [0.1, 0.15) is 67.8 Å². The van der Waals surface area contributed by atoms with E-state index >= 15 is 0 Å². The van der Waals surface area contributed by atoms with Crippen LogP contribution in [-0.4, -0.2) is 26.4 Å². The molecule has 0 radical (unpaired) electrons. The fourth-order valence-electron chi connectivity index (χ4n) is 4.61. The fourth-order valence-corrected chi connectivity index (χ4v) is 7.58. The van der Waals surface area contributed by atoms with Gasteiger partial charge in [-0.2, -0.15) is 5.26 Å². The van der Waals surface area contributed by atoms with E-state index < -0.39 is 0 Å². The second-order valence-corrected chi connectivity index (χ2v) is 12.9. The number of nitrogens with one attached hydrogen (secondary N) is 1. The molecule has 1 unspecified atom stereocenters. The Kier molecular flexibility index (Phi) is 8.04. The molecule has 3 heterocycles. The zero-order chi connectivity index (χ0) is 25.2. The van der Waals surface area contributed by atoms with Gasteiger partial charge in [0.1, 0.15) is 11.1 Å². The Hall–Kier alpha value is -2.15. The lowest BCUT2D eigenvalue weighted by Crippen LogP contribution is -2.28. The van der Waals surface area contributed by atoms with Crippen molar-refractivity contribution in [1.82, 2.24) is 14.8 Å². The predicted octanol–water partition coefficient (Wildman–Crippen LogP) is 6.70. The molecule has 1 aliphatic carbocycles. The molecule has 1 atom stereocenters. The Morgan fingerprint density at radius 1 is 1.37 bits per heavy atom. The number of nitrogens with zero attached hydrogens (tertiary/aromatic N) is 4. The van der Waals surface area contributed by atoms with Crippen molar-refractivity contribution in [3.63, 3.8) is 0 Å². The number of nitriles is 1. The summed E-state index contributed by atoms with van der Waals surface area (Å²) in [7, 11) is 1.93. The van der Waals surface area contributed by atoms with Gasteiger partial charge < -0.3 is 9.88 Å². The molecular formula is C26H33N5OS3. The van der Waals surface area contributed by atoms with Gasteiger partial charge in [-0.05, 0) is 48.6 Å². The summed E-state index contributed by atoms with van der Waals surface area (Å²) >= 11 is 4.69. The zero-order valence-corrected chi connectivity index (χ0v) is 23.6. The van der Waals surface area contributed by atoms with Crippen LogP contribution in [0, 0.1) is 22.7 Å². The maximum Gasteiger partial charge on any atom is 0.235 e. The molecule has 186 valence electrons. The van der Waals surface area contributed by atoms with Gasteiger partial charge in [-0.25, -0.2) is 0 Å². The van der Waals surface area contributed by atoms with Gasteiger partial charge in [0.2, 0.25) is 5.91 Å². The molecule has 1 aliphatic rings. The Labute approximate surface area is 220 Å². The molecule has 9 heteroatoms. The van der Waals surface area contributed by atoms with Crippen molar-refractivity contribution < 1.29 is 4.79 Å². The summed E-state index contributed by atoms with van der Waals surface area (Å²) in [5, 5.41) is 25.0. The van der Waals surface area contributed by atoms with Crippen molar-refractivity contribution in [3.05, 3.63) is 32.3 Å². The predicted molar refractivity (Wildman–Crippen MR) is 146 cm³/mol. The maximum atomic E-state index is 12.8. The van der Waals surface area contributed by atoms with Crippen LogP contribution < -0.4 is 5.32 Å². The molecule has 0 fully saturated rings. The van der Waals surface area contributed by atoms with Crippen molar-refractivity contribution in [3.8, 4) is 17.5 Å². The first kappa shape index (κ1) is 25.9. The Bertz CT molecular complexity index is 1250. The van der Waals surface area contributed by atoms with Gasteiger partial charge in [-0.15, -0.1) is 32.9 Å². The van der Waals surface area contributed by atoms with Gasteiger partial charge in [0.05, 0.1) is 11.3 Å². The number of anilines is 1. The van der Waals surface area contributed by atoms with Gasteiger partial charge in [-0.1, -0.05) is 52.3 Å². The van der Waals surface area contributed by atoms with Crippen molar-refractivity contribution >= 4 is 45.3 Å². The van der Waals surface area contributed by atoms with Crippen molar-refractivity contribution in [2.75, 3.05) is 11.1 Å². The summed E-state index contributed by atoms with van der Waals surface area (Å²) in [5.41, 5.74) is 3.14. The SMILES string of the molecule is CCCc1cc(-c2nnc(SCC(=O)Nc3sc4c(c3C#N)CCC(C(C)(C)CC)C4)n2C)cs1. The van der Waals surface area contributed by atoms with E-state index in [1.165, 1.54) is 21.5 Å². The van der Waals surface area contributed by atoms with Gasteiger partial charge in [0.15, 0.2) is 11.0 Å². The van der Waals surface area contributed by atoms with Gasteiger partial charge in [0, 0.05) is 27.7 Å². The highest BCUT2D eigenvalue weighted by Crippen LogP contribution is 2.45. The van der Waals surface area contributed by atoms with E-state index in [2.05, 4.69) is 60.7 Å². The van der Waals surface area contributed by atoms with Gasteiger partial charge in [-0.3, -0.25) is 4.79 Å². The highest BCUT2D eigenvalue weighted by Gasteiger charge is 2.34. The summed E-state index contributed by atoms with van der Waals surface area (Å²) < 4.78 is 1.94. The minimum Gasteiger partial charge on any atom is -0.316 e. The van der Waals surface area contributed by atoms with Crippen molar-refractivity contribution in [2.45, 2.75) is 71.4 Å². The number of thioether (sulfide) groups is 1. The first-order valence-electron chi connectivity index (χ1n) is 12.2. The summed E-state index contributed by atoms with van der Waals surface area (Å²) in [6.07, 6.45) is 6.33. The maximum absolute atomic E-state index is 12.8. The lowest BCUT2D eigenvalue weighted by molar-refractivity contribution is -0.113. The number of hydrogen-bond acceptors (Lipinski definition) is 7. The Morgan fingerprint density at radius 3 is 2.89 bits per heavy atom. The van der Waals surface area contributed by atoms with E-state index in [4.69, 9.17) is 0 Å². The van der Waals surface area contributed by atoms with Crippen LogP contribution in [0.15, 0.2) is 16.6 Å². The van der Waals surface area contributed by atoms with Crippen LogP contribution in [0.2, 0.25) is 0 Å². The number of aryl methyl sites for hydroxylation is 1. The minimum absolute atomic E-state index is 0.124. The second-order valence-electron chi connectivity index (χ2n) is 9.86. The highest BCUT2D eigenvalue weighted by molar-refractivity contribution is 7.99. The molecule has 0 saturated carbocycles. The largest absolute Gasteiger partial charge is 0.316 e. The number of amides is 1. The number of thiophene rings is 2. The molecule has 0 spiro atoms. The quantitative estimate of drug-likeness (QED) is 0.313. The normalized spacial score (nSPS) is 15.6. The minimum atomic E-state index is -0.124. The molecule has 6 nitrogen and oxygen atoms in total. The summed E-state index contributed by atoms with van der Waals surface area (Å²) in [5.74, 6) is 1.51. The fraction of sp³-hybridized carbons (Fsp3) is 0.538. The van der Waals surface area contributed by atoms with Crippen LogP contribution in [0.5, 0.6) is 0 Å². The topological polar surface area (TPSA) is 83.6 Å². The van der Waals surface area contributed by atoms with Crippen LogP contribution >= 0.6 is 34.4 Å². The van der Waals surface area contributed by atoms with Gasteiger partial charge >= 0.3 is 0 Å². The molecule has 0 bridgehead atoms. The number of carbonyl (C=O) groups is 1. The van der Waals surface area contributed by atoms with Crippen molar-refractivity contribution in [1.29, 1.82) is 5.26 Å². The lowest BCUT2D eigenvalue weighted by Gasteiger charge is -2.36. The molecule has 3 aromatic heterocycles. The monoisotopic (exact) mass is 527 g/mol. The molecule has 0 aliphatic heterocycles. The van der Waals surface area contributed by atoms with E-state index in [1.54, 1.807) is 22.7 Å². The molecule has 3 aromatic rings. The number of rotatable bonds is 9. The van der Waals surface area contributed by atoms with E-state index in [0.29, 0.717) is 21.6 Å². The molecule has 0 aromatic carbocycles. The average Bonchev–Trinajstić information content (AvgIpc) is 3.54. The molecule has 1 N–H and O–H groups in total. The highest BCUT2D eigenvalue weighted by atomic mass is 32.2. The lowest BCUT2D eigenvalue weighted by atomic mass is 9.69. The van der Waals surface area contributed by atoms with Crippen molar-refractivity contribution in [2.24, 2.45) is 18.4 Å². The van der Waals surface area contributed by atoms with E-state index in [0.717, 1.165) is 55.5 Å². The number of hydrogen-bond donors (Lipinski definition) is 1. The Balaban J connectivity index is 1.41. The van der Waals surface area contributed by atoms with Gasteiger partial charge in [0.25, 0.3) is 0 Å².